The number of aromatic nitrogens is 6. The fourth-order valence-corrected chi connectivity index (χ4v) is 9.75. The monoisotopic (exact) mass is 1120 g/mol. The van der Waals surface area contributed by atoms with E-state index in [-0.39, 0.29) is 28.9 Å². The van der Waals surface area contributed by atoms with Gasteiger partial charge in [0.25, 0.3) is 0 Å². The summed E-state index contributed by atoms with van der Waals surface area (Å²) in [7, 11) is -1.00. The van der Waals surface area contributed by atoms with Gasteiger partial charge in [-0.1, -0.05) is 172 Å². The zero-order chi connectivity index (χ0) is 52.1. The second-order valence-corrected chi connectivity index (χ2v) is 19.7. The van der Waals surface area contributed by atoms with Gasteiger partial charge in [0, 0.05) is 36.8 Å². The van der Waals surface area contributed by atoms with Gasteiger partial charge in [-0.15, -0.1) is 20.4 Å². The van der Waals surface area contributed by atoms with E-state index < -0.39 is 7.15 Å². The molecule has 71 heavy (non-hydrogen) atoms. The molecule has 13 heteroatoms. The molecule has 6 aromatic carbocycles. The topological polar surface area (TPSA) is 113 Å². The Morgan fingerprint density at radius 2 is 0.915 bits per heavy atom. The van der Waals surface area contributed by atoms with E-state index in [0.29, 0.717) is 34.5 Å². The summed E-state index contributed by atoms with van der Waals surface area (Å²) >= 11 is 7.28. The van der Waals surface area contributed by atoms with Crippen LogP contribution in [0.1, 0.15) is 119 Å². The number of hydrogen-bond acceptors (Lipinski definition) is 6. The Hall–Kier alpha value is -6.52. The van der Waals surface area contributed by atoms with Gasteiger partial charge < -0.3 is 11.8 Å². The van der Waals surface area contributed by atoms with Gasteiger partial charge in [-0.3, -0.25) is 13.5 Å². The van der Waals surface area contributed by atoms with Crippen LogP contribution in [0, 0.1) is 43.6 Å². The first kappa shape index (κ1) is 55.4. The van der Waals surface area contributed by atoms with Crippen LogP contribution in [-0.2, 0) is 17.1 Å². The smallest absolute Gasteiger partial charge is 0.512 e. The van der Waals surface area contributed by atoms with Crippen molar-refractivity contribution in [2.24, 2.45) is 0 Å². The second-order valence-electron chi connectivity index (χ2n) is 17.8. The second kappa shape index (κ2) is 26.1. The molecule has 366 valence electrons. The van der Waals surface area contributed by atoms with Crippen LogP contribution in [0.4, 0.5) is 10.1 Å². The molecule has 2 aromatic heterocycles. The van der Waals surface area contributed by atoms with Crippen molar-refractivity contribution in [1.82, 2.24) is 29.5 Å². The van der Waals surface area contributed by atoms with E-state index in [1.54, 1.807) is 18.2 Å². The molecule has 0 fully saturated rings. The van der Waals surface area contributed by atoms with E-state index in [4.69, 9.17) is 30.0 Å². The molecule has 0 aliphatic rings. The van der Waals surface area contributed by atoms with E-state index in [0.717, 1.165) is 54.4 Å². The van der Waals surface area contributed by atoms with Crippen LogP contribution in [0.25, 0.3) is 61.8 Å². The molecule has 0 atom stereocenters. The van der Waals surface area contributed by atoms with Crippen molar-refractivity contribution in [3.8, 4) is 63.0 Å². The normalized spacial score (nSPS) is 10.7. The number of rotatable bonds is 10. The predicted octanol–water partition coefficient (Wildman–Crippen LogP) is 16.9. The first-order chi connectivity index (χ1) is 34.0. The van der Waals surface area contributed by atoms with E-state index in [2.05, 4.69) is 216 Å². The molecule has 0 unspecified atom stereocenters. The molecule has 0 amide bonds. The molecule has 0 saturated heterocycles. The zero-order valence-electron chi connectivity index (χ0n) is 42.5. The Morgan fingerprint density at radius 3 is 1.25 bits per heavy atom. The third-order valence-electron chi connectivity index (χ3n) is 11.8. The molecule has 0 spiro atoms. The summed E-state index contributed by atoms with van der Waals surface area (Å²) in [4.78, 5) is 3.58. The van der Waals surface area contributed by atoms with Crippen LogP contribution in [0.3, 0.4) is 0 Å². The Balaban J connectivity index is 0.000000284. The van der Waals surface area contributed by atoms with Crippen LogP contribution < -0.4 is 0 Å². The largest absolute Gasteiger partial charge is 1.00 e. The van der Waals surface area contributed by atoms with Crippen LogP contribution in [0.5, 0.6) is 0 Å². The molecule has 0 radical (unpaired) electrons. The van der Waals surface area contributed by atoms with Crippen LogP contribution >= 0.6 is 31.9 Å². The summed E-state index contributed by atoms with van der Waals surface area (Å²) in [5, 5.41) is 34.6. The van der Waals surface area contributed by atoms with Crippen molar-refractivity contribution in [2.75, 3.05) is 7.15 Å². The Bertz CT molecular complexity index is 3130. The van der Waals surface area contributed by atoms with Gasteiger partial charge in [0.05, 0.1) is 32.5 Å². The van der Waals surface area contributed by atoms with E-state index in [1.807, 2.05) is 18.2 Å². The van der Waals surface area contributed by atoms with Crippen LogP contribution in [0.2, 0.25) is 0 Å². The third-order valence-corrected chi connectivity index (χ3v) is 12.7. The maximum absolute atomic E-state index is 9.96. The van der Waals surface area contributed by atoms with Crippen LogP contribution in [-0.4, -0.2) is 36.7 Å². The Kier molecular flexibility index (Phi) is 20.4. The van der Waals surface area contributed by atoms with Gasteiger partial charge in [-0.05, 0) is 107 Å². The number of halogens is 3. The number of aryl methyl sites for hydroxylation is 2. The summed E-state index contributed by atoms with van der Waals surface area (Å²) in [6.07, 6.45) is 0. The molecule has 8 rings (SSSR count). The number of para-hydroxylation sites is 2. The average molecular weight is 1120 g/mol. The summed E-state index contributed by atoms with van der Waals surface area (Å²) in [6.45, 7) is 34.2. The van der Waals surface area contributed by atoms with E-state index in [1.165, 1.54) is 33.5 Å². The summed E-state index contributed by atoms with van der Waals surface area (Å²) in [6, 6.07) is 43.2. The SMILES string of the molecule is Cc1ccccc1-c1nnc(-c2cc(Br)cc(Br)c2)n1-c1c(C(C)C)cccc1C(C)C.[2H]CF.[C-]#N.[C-]#[N+]c1cc(C#N)cc(-c2nnc(-c3ccccc3C)n2-c2c(C(C)C)cccc2C(C)C)c1.[Cu+]. The molecule has 0 bridgehead atoms. The number of nitrogens with zero attached hydrogens (tertiary/aromatic N) is 9. The fourth-order valence-electron chi connectivity index (χ4n) is 8.45. The minimum atomic E-state index is -1.00. The van der Waals surface area contributed by atoms with Gasteiger partial charge in [0.2, 0.25) is 0 Å². The average Bonchev–Trinajstić information content (AvgIpc) is 4.00. The molecule has 0 saturated carbocycles. The summed E-state index contributed by atoms with van der Waals surface area (Å²) in [5.41, 5.74) is 14.1. The molecular weight excluding hydrogens is 1070 g/mol. The van der Waals surface area contributed by atoms with Gasteiger partial charge in [-0.2, -0.15) is 5.26 Å². The van der Waals surface area contributed by atoms with Gasteiger partial charge in [-0.25, -0.2) is 4.85 Å². The number of alkyl halides is 1. The molecular formula is C58H57Br2CuFN9. The summed E-state index contributed by atoms with van der Waals surface area (Å²) in [5.74, 6) is 4.33. The molecule has 0 aliphatic heterocycles. The maximum atomic E-state index is 9.96. The van der Waals surface area contributed by atoms with Crippen molar-refractivity contribution in [3.05, 3.63) is 187 Å². The molecule has 0 aliphatic carbocycles. The quantitative estimate of drug-likeness (QED) is 0.0996. The first-order valence-corrected chi connectivity index (χ1v) is 24.4. The van der Waals surface area contributed by atoms with Crippen molar-refractivity contribution < 1.29 is 22.8 Å². The maximum Gasteiger partial charge on any atom is 1.00 e. The van der Waals surface area contributed by atoms with Crippen molar-refractivity contribution >= 4 is 37.5 Å². The van der Waals surface area contributed by atoms with Gasteiger partial charge >= 0.3 is 17.1 Å². The minimum Gasteiger partial charge on any atom is -0.512 e. The molecule has 8 aromatic rings. The number of nitriles is 1. The fraction of sp³-hybridized carbons (Fsp3) is 0.259. The molecule has 0 N–H and O–H groups in total. The van der Waals surface area contributed by atoms with E-state index in [9.17, 15) is 9.65 Å². The van der Waals surface area contributed by atoms with Gasteiger partial charge in [0.15, 0.2) is 29.0 Å². The number of benzene rings is 6. The van der Waals surface area contributed by atoms with Crippen LogP contribution in [0.15, 0.2) is 130 Å². The zero-order valence-corrected chi connectivity index (χ0v) is 45.6. The molecule has 9 nitrogen and oxygen atoms in total. The Labute approximate surface area is 447 Å². The third kappa shape index (κ3) is 12.7. The van der Waals surface area contributed by atoms with Crippen molar-refractivity contribution in [1.29, 1.82) is 10.5 Å². The predicted molar refractivity (Wildman–Crippen MR) is 289 cm³/mol. The minimum absolute atomic E-state index is 0. The standard InChI is InChI=1S/C29H27N5.C27H27Br2N3.CH3F.CN.Cu/c1-18(2)24-12-9-13-25(19(3)4)27(24)34-28(22-14-21(17-30)15-23(16-22)31-6)32-33-29(34)26-11-8-7-10-20(26)5;1-16(2)22-11-8-12-23(17(3)4)25(22)32-26(19-13-20(28)15-21(29)14-19)30-31-27(32)24-10-7-6-9-18(24)5;2*1-2;/h7-16,18-19H,1-5H3;6-17H,1-5H3;1H3;;/q;;;-1;+1/i;;1D;;. The first-order valence-electron chi connectivity index (χ1n) is 23.5. The van der Waals surface area contributed by atoms with Crippen molar-refractivity contribution in [3.63, 3.8) is 0 Å². The molecule has 2 heterocycles. The Morgan fingerprint density at radius 1 is 0.563 bits per heavy atom. The van der Waals surface area contributed by atoms with Gasteiger partial charge in [0.1, 0.15) is 0 Å². The van der Waals surface area contributed by atoms with E-state index >= 15 is 0 Å². The van der Waals surface area contributed by atoms with Crippen molar-refractivity contribution in [2.45, 2.75) is 92.9 Å². The number of hydrogen-bond donors (Lipinski definition) is 0. The summed E-state index contributed by atoms with van der Waals surface area (Å²) < 4.78 is 21.9.